The smallest absolute Gasteiger partial charge is 0.248 e. The summed E-state index contributed by atoms with van der Waals surface area (Å²) < 4.78 is 18.3. The van der Waals surface area contributed by atoms with Gasteiger partial charge in [-0.15, -0.1) is 0 Å². The summed E-state index contributed by atoms with van der Waals surface area (Å²) in [5, 5.41) is 11.3. The molecule has 0 radical (unpaired) electrons. The number of H-pyrrole nitrogens is 1. The summed E-state index contributed by atoms with van der Waals surface area (Å²) in [5.41, 5.74) is 3.72. The number of amides is 1. The van der Waals surface area contributed by atoms with Crippen molar-refractivity contribution in [2.45, 2.75) is 0 Å². The number of ether oxygens (including phenoxy) is 1. The second-order valence-electron chi connectivity index (χ2n) is 6.66. The molecule has 3 aromatic carbocycles. The van der Waals surface area contributed by atoms with E-state index in [1.165, 1.54) is 18.2 Å². The van der Waals surface area contributed by atoms with Gasteiger partial charge in [0.2, 0.25) is 5.91 Å². The molecule has 2 N–H and O–H groups in total. The molecule has 1 aromatic heterocycles. The van der Waals surface area contributed by atoms with Crippen molar-refractivity contribution < 1.29 is 13.9 Å². The lowest BCUT2D eigenvalue weighted by atomic mass is 10.2. The van der Waals surface area contributed by atoms with Gasteiger partial charge in [0.15, 0.2) is 6.61 Å². The van der Waals surface area contributed by atoms with Gasteiger partial charge in [-0.05, 0) is 66.2 Å². The fourth-order valence-electron chi connectivity index (χ4n) is 2.98. The average molecular weight is 412 g/mol. The van der Waals surface area contributed by atoms with E-state index in [9.17, 15) is 9.18 Å². The summed E-state index contributed by atoms with van der Waals surface area (Å²) >= 11 is 0. The number of anilines is 1. The van der Waals surface area contributed by atoms with Crippen LogP contribution in [0.2, 0.25) is 0 Å². The fourth-order valence-corrected chi connectivity index (χ4v) is 2.98. The first-order valence-corrected chi connectivity index (χ1v) is 9.45. The van der Waals surface area contributed by atoms with Gasteiger partial charge in [0.25, 0.3) is 0 Å². The van der Waals surface area contributed by atoms with Gasteiger partial charge in [-0.2, -0.15) is 5.26 Å². The van der Waals surface area contributed by atoms with Crippen LogP contribution in [0.5, 0.6) is 5.75 Å². The molecule has 0 saturated heterocycles. The maximum atomic E-state index is 13.1. The Kier molecular flexibility index (Phi) is 5.72. The fraction of sp³-hybridized carbons (Fsp3) is 0.0417. The highest BCUT2D eigenvalue weighted by atomic mass is 19.1. The van der Waals surface area contributed by atoms with Gasteiger partial charge in [-0.25, -0.2) is 9.37 Å². The lowest BCUT2D eigenvalue weighted by Crippen LogP contribution is -2.07. The van der Waals surface area contributed by atoms with Crippen LogP contribution in [0.25, 0.3) is 28.5 Å². The SMILES string of the molecule is N#CCOc1ccc(C=CC(=O)Nc2ccc3nc(-c4ccc(F)cc4)[nH]c3c2)cc1. The number of aromatic amines is 1. The van der Waals surface area contributed by atoms with Crippen LogP contribution in [-0.2, 0) is 4.79 Å². The minimum atomic E-state index is -0.304. The van der Waals surface area contributed by atoms with Gasteiger partial charge in [-0.1, -0.05) is 12.1 Å². The maximum Gasteiger partial charge on any atom is 0.248 e. The third-order valence-electron chi connectivity index (χ3n) is 4.48. The van der Waals surface area contributed by atoms with Crippen molar-refractivity contribution in [3.63, 3.8) is 0 Å². The number of aromatic nitrogens is 2. The van der Waals surface area contributed by atoms with Crippen molar-refractivity contribution in [3.8, 4) is 23.2 Å². The zero-order valence-corrected chi connectivity index (χ0v) is 16.3. The summed E-state index contributed by atoms with van der Waals surface area (Å²) in [6.07, 6.45) is 3.12. The molecule has 0 unspecified atom stereocenters. The molecule has 0 aliphatic heterocycles. The van der Waals surface area contributed by atoms with E-state index in [1.54, 1.807) is 60.7 Å². The van der Waals surface area contributed by atoms with E-state index in [2.05, 4.69) is 15.3 Å². The first kappa shape index (κ1) is 19.9. The average Bonchev–Trinajstić information content (AvgIpc) is 3.21. The molecule has 0 aliphatic carbocycles. The van der Waals surface area contributed by atoms with Gasteiger partial charge in [0.05, 0.1) is 11.0 Å². The third kappa shape index (κ3) is 4.95. The maximum absolute atomic E-state index is 13.1. The highest BCUT2D eigenvalue weighted by Gasteiger charge is 2.07. The monoisotopic (exact) mass is 412 g/mol. The predicted molar refractivity (Wildman–Crippen MR) is 117 cm³/mol. The van der Waals surface area contributed by atoms with Crippen LogP contribution in [0, 0.1) is 17.1 Å². The van der Waals surface area contributed by atoms with E-state index in [4.69, 9.17) is 10.00 Å². The highest BCUT2D eigenvalue weighted by Crippen LogP contribution is 2.23. The Bertz CT molecular complexity index is 1290. The molecular formula is C24H17FN4O2. The van der Waals surface area contributed by atoms with Crippen LogP contribution in [0.1, 0.15) is 5.56 Å². The zero-order chi connectivity index (χ0) is 21.6. The molecule has 6 nitrogen and oxygen atoms in total. The standard InChI is InChI=1S/C24H17FN4O2/c25-18-6-4-17(5-7-18)24-28-21-11-8-19(15-22(21)29-24)27-23(30)12-3-16-1-9-20(10-2-16)31-14-13-26/h1-12,15H,14H2,(H,27,30)(H,28,29). The minimum absolute atomic E-state index is 0.0103. The first-order chi connectivity index (χ1) is 15.1. The molecule has 0 saturated carbocycles. The van der Waals surface area contributed by atoms with Gasteiger partial charge >= 0.3 is 0 Å². The van der Waals surface area contributed by atoms with E-state index in [0.29, 0.717) is 17.3 Å². The van der Waals surface area contributed by atoms with Crippen molar-refractivity contribution in [2.75, 3.05) is 11.9 Å². The molecular weight excluding hydrogens is 395 g/mol. The molecule has 4 rings (SSSR count). The Labute approximate surface area is 177 Å². The van der Waals surface area contributed by atoms with E-state index >= 15 is 0 Å². The quantitative estimate of drug-likeness (QED) is 0.440. The van der Waals surface area contributed by atoms with Gasteiger partial charge < -0.3 is 15.0 Å². The number of carbonyl (C=O) groups excluding carboxylic acids is 1. The highest BCUT2D eigenvalue weighted by molar-refractivity contribution is 6.02. The number of nitriles is 1. The molecule has 7 heteroatoms. The number of nitrogens with one attached hydrogen (secondary N) is 2. The number of nitrogens with zero attached hydrogens (tertiary/aromatic N) is 2. The van der Waals surface area contributed by atoms with Crippen LogP contribution in [0.15, 0.2) is 72.8 Å². The first-order valence-electron chi connectivity index (χ1n) is 9.45. The second kappa shape index (κ2) is 8.93. The minimum Gasteiger partial charge on any atom is -0.479 e. The lowest BCUT2D eigenvalue weighted by molar-refractivity contribution is -0.111. The Morgan fingerprint density at radius 2 is 1.90 bits per heavy atom. The number of benzene rings is 3. The number of hydrogen-bond donors (Lipinski definition) is 2. The van der Waals surface area contributed by atoms with Crippen molar-refractivity contribution in [1.82, 2.24) is 9.97 Å². The normalized spacial score (nSPS) is 10.8. The van der Waals surface area contributed by atoms with Gasteiger partial charge in [0, 0.05) is 17.3 Å². The van der Waals surface area contributed by atoms with Crippen LogP contribution in [-0.4, -0.2) is 22.5 Å². The molecule has 4 aromatic rings. The summed E-state index contributed by atoms with van der Waals surface area (Å²) in [7, 11) is 0. The topological polar surface area (TPSA) is 90.8 Å². The molecule has 0 aliphatic rings. The Hall–Kier alpha value is -4.44. The predicted octanol–water partition coefficient (Wildman–Crippen LogP) is 4.92. The van der Waals surface area contributed by atoms with Crippen molar-refractivity contribution in [1.29, 1.82) is 5.26 Å². The number of halogens is 1. The lowest BCUT2D eigenvalue weighted by Gasteiger charge is -2.02. The molecule has 152 valence electrons. The van der Waals surface area contributed by atoms with Crippen molar-refractivity contribution in [2.24, 2.45) is 0 Å². The van der Waals surface area contributed by atoms with Gasteiger partial charge in [0.1, 0.15) is 23.5 Å². The summed E-state index contributed by atoms with van der Waals surface area (Å²) in [6.45, 7) is -0.0103. The second-order valence-corrected chi connectivity index (χ2v) is 6.66. The summed E-state index contributed by atoms with van der Waals surface area (Å²) in [6, 6.07) is 20.4. The van der Waals surface area contributed by atoms with Crippen molar-refractivity contribution in [3.05, 3.63) is 84.2 Å². The summed E-state index contributed by atoms with van der Waals surface area (Å²) in [5.74, 6) is 0.639. The number of rotatable bonds is 6. The molecule has 0 spiro atoms. The number of fused-ring (bicyclic) bond motifs is 1. The molecule has 0 atom stereocenters. The van der Waals surface area contributed by atoms with E-state index in [0.717, 1.165) is 22.2 Å². The van der Waals surface area contributed by atoms with E-state index in [-0.39, 0.29) is 18.3 Å². The number of carbonyl (C=O) groups is 1. The molecule has 31 heavy (non-hydrogen) atoms. The molecule has 0 fully saturated rings. The number of hydrogen-bond acceptors (Lipinski definition) is 4. The summed E-state index contributed by atoms with van der Waals surface area (Å²) in [4.78, 5) is 20.0. The zero-order valence-electron chi connectivity index (χ0n) is 16.3. The largest absolute Gasteiger partial charge is 0.479 e. The Balaban J connectivity index is 1.43. The molecule has 0 bridgehead atoms. The van der Waals surface area contributed by atoms with Crippen LogP contribution in [0.4, 0.5) is 10.1 Å². The van der Waals surface area contributed by atoms with Gasteiger partial charge in [-0.3, -0.25) is 4.79 Å². The molecule has 1 amide bonds. The van der Waals surface area contributed by atoms with Crippen LogP contribution < -0.4 is 10.1 Å². The van der Waals surface area contributed by atoms with Crippen LogP contribution in [0.3, 0.4) is 0 Å². The van der Waals surface area contributed by atoms with Crippen LogP contribution >= 0.6 is 0 Å². The van der Waals surface area contributed by atoms with Crippen molar-refractivity contribution >= 4 is 28.7 Å². The van der Waals surface area contributed by atoms with E-state index < -0.39 is 0 Å². The number of imidazole rings is 1. The third-order valence-corrected chi connectivity index (χ3v) is 4.48. The molecule has 1 heterocycles. The van der Waals surface area contributed by atoms with E-state index in [1.807, 2.05) is 6.07 Å². The Morgan fingerprint density at radius 1 is 1.13 bits per heavy atom. The Morgan fingerprint density at radius 3 is 2.65 bits per heavy atom.